The van der Waals surface area contributed by atoms with E-state index in [1.54, 1.807) is 0 Å². The van der Waals surface area contributed by atoms with Crippen LogP contribution < -0.4 is 0 Å². The van der Waals surface area contributed by atoms with Crippen molar-refractivity contribution < 1.29 is 13.2 Å². The lowest BCUT2D eigenvalue weighted by atomic mass is 9.73. The molecule has 0 saturated carbocycles. The zero-order chi connectivity index (χ0) is 21.7. The molecule has 2 fully saturated rings. The van der Waals surface area contributed by atoms with E-state index < -0.39 is 15.3 Å². The minimum absolute atomic E-state index is 0.00265. The maximum atomic E-state index is 12.2. The van der Waals surface area contributed by atoms with E-state index in [0.29, 0.717) is 19.4 Å². The maximum Gasteiger partial charge on any atom is 0.151 e. The molecule has 2 unspecified atom stereocenters. The molecule has 0 N–H and O–H groups in total. The molecule has 2 saturated heterocycles. The molecule has 0 aromatic heterocycles. The first-order valence-electron chi connectivity index (χ1n) is 11.1. The van der Waals surface area contributed by atoms with E-state index in [-0.39, 0.29) is 23.7 Å². The summed E-state index contributed by atoms with van der Waals surface area (Å²) in [5, 5.41) is 10.4. The first-order valence-corrected chi connectivity index (χ1v) is 12.9. The summed E-state index contributed by atoms with van der Waals surface area (Å²) in [6.07, 6.45) is 3.47. The number of benzene rings is 2. The molecule has 2 aromatic carbocycles. The second-order valence-electron chi connectivity index (χ2n) is 8.69. The number of hydrogen-bond acceptors (Lipinski definition) is 5. The zero-order valence-electron chi connectivity index (χ0n) is 17.8. The molecule has 2 heterocycles. The van der Waals surface area contributed by atoms with Crippen molar-refractivity contribution in [2.24, 2.45) is 0 Å². The Labute approximate surface area is 185 Å². The van der Waals surface area contributed by atoms with Crippen molar-refractivity contribution in [1.29, 1.82) is 5.26 Å². The summed E-state index contributed by atoms with van der Waals surface area (Å²) in [5.41, 5.74) is 1.16. The molecule has 164 valence electrons. The van der Waals surface area contributed by atoms with E-state index in [9.17, 15) is 13.7 Å². The first kappa shape index (κ1) is 22.0. The van der Waals surface area contributed by atoms with Gasteiger partial charge in [0.25, 0.3) is 0 Å². The predicted octanol–water partition coefficient (Wildman–Crippen LogP) is 3.55. The fourth-order valence-electron chi connectivity index (χ4n) is 4.93. The highest BCUT2D eigenvalue weighted by atomic mass is 32.2. The summed E-state index contributed by atoms with van der Waals surface area (Å²) in [7, 11) is -2.99. The molecule has 4 rings (SSSR count). The highest BCUT2D eigenvalue weighted by molar-refractivity contribution is 7.91. The van der Waals surface area contributed by atoms with E-state index in [0.717, 1.165) is 37.1 Å². The Morgan fingerprint density at radius 2 is 1.68 bits per heavy atom. The first-order chi connectivity index (χ1) is 15.0. The molecule has 0 aliphatic carbocycles. The van der Waals surface area contributed by atoms with Crippen molar-refractivity contribution in [3.05, 3.63) is 71.8 Å². The van der Waals surface area contributed by atoms with E-state index in [1.165, 1.54) is 0 Å². The smallest absolute Gasteiger partial charge is 0.151 e. The Hall–Kier alpha value is -2.20. The summed E-state index contributed by atoms with van der Waals surface area (Å²) in [6, 6.07) is 22.5. The van der Waals surface area contributed by atoms with Crippen LogP contribution in [0.1, 0.15) is 36.8 Å². The number of rotatable bonds is 8. The highest BCUT2D eigenvalue weighted by Gasteiger charge is 2.38. The second kappa shape index (κ2) is 9.52. The van der Waals surface area contributed by atoms with Crippen molar-refractivity contribution in [2.45, 2.75) is 43.2 Å². The Kier molecular flexibility index (Phi) is 6.76. The third-order valence-electron chi connectivity index (χ3n) is 6.68. The molecule has 0 bridgehead atoms. The summed E-state index contributed by atoms with van der Waals surface area (Å²) in [6.45, 7) is 2.15. The quantitative estimate of drug-likeness (QED) is 0.630. The van der Waals surface area contributed by atoms with Gasteiger partial charge < -0.3 is 4.74 Å². The fourth-order valence-corrected chi connectivity index (χ4v) is 6.69. The monoisotopic (exact) mass is 438 g/mol. The third kappa shape index (κ3) is 5.01. The number of nitrogens with zero attached hydrogens (tertiary/aromatic N) is 2. The van der Waals surface area contributed by atoms with Crippen LogP contribution in [-0.2, 0) is 20.0 Å². The molecule has 6 heteroatoms. The van der Waals surface area contributed by atoms with Crippen molar-refractivity contribution in [1.82, 2.24) is 4.90 Å². The molecule has 0 radical (unpaired) electrons. The summed E-state index contributed by atoms with van der Waals surface area (Å²) < 4.78 is 30.2. The average Bonchev–Trinajstić information content (AvgIpc) is 3.44. The maximum absolute atomic E-state index is 12.2. The van der Waals surface area contributed by atoms with Crippen molar-refractivity contribution >= 4 is 9.84 Å². The largest absolute Gasteiger partial charge is 0.377 e. The van der Waals surface area contributed by atoms with Crippen LogP contribution in [0.2, 0.25) is 0 Å². The highest BCUT2D eigenvalue weighted by Crippen LogP contribution is 2.36. The molecule has 2 aliphatic rings. The molecule has 2 atom stereocenters. The van der Waals surface area contributed by atoms with Crippen molar-refractivity contribution in [2.75, 3.05) is 31.2 Å². The van der Waals surface area contributed by atoms with Crippen LogP contribution in [0.25, 0.3) is 0 Å². The number of sulfone groups is 1. The van der Waals surface area contributed by atoms with Gasteiger partial charge in [0.1, 0.15) is 5.41 Å². The van der Waals surface area contributed by atoms with E-state index in [1.807, 2.05) is 60.7 Å². The SMILES string of the molecule is N#CC(CCN(CC1CCCO1)C1CCS(=O)(=O)C1)(c1ccccc1)c1ccccc1. The van der Waals surface area contributed by atoms with Gasteiger partial charge in [0, 0.05) is 25.7 Å². The van der Waals surface area contributed by atoms with Crippen LogP contribution in [0.15, 0.2) is 60.7 Å². The van der Waals surface area contributed by atoms with Gasteiger partial charge in [-0.15, -0.1) is 0 Å². The molecule has 0 spiro atoms. The van der Waals surface area contributed by atoms with Gasteiger partial charge >= 0.3 is 0 Å². The van der Waals surface area contributed by atoms with E-state index in [4.69, 9.17) is 4.74 Å². The Bertz CT molecular complexity index is 957. The minimum atomic E-state index is -2.99. The Morgan fingerprint density at radius 1 is 1.03 bits per heavy atom. The average molecular weight is 439 g/mol. The van der Waals surface area contributed by atoms with Crippen LogP contribution in [0.3, 0.4) is 0 Å². The van der Waals surface area contributed by atoms with Crippen molar-refractivity contribution in [3.63, 3.8) is 0 Å². The summed E-state index contributed by atoms with van der Waals surface area (Å²) >= 11 is 0. The van der Waals surface area contributed by atoms with Crippen LogP contribution in [0.4, 0.5) is 0 Å². The minimum Gasteiger partial charge on any atom is -0.377 e. The van der Waals surface area contributed by atoms with E-state index >= 15 is 0 Å². The van der Waals surface area contributed by atoms with Gasteiger partial charge in [-0.05, 0) is 36.8 Å². The van der Waals surface area contributed by atoms with Gasteiger partial charge in [-0.3, -0.25) is 4.90 Å². The second-order valence-corrected chi connectivity index (χ2v) is 10.9. The normalized spacial score (nSPS) is 23.1. The lowest BCUT2D eigenvalue weighted by Crippen LogP contribution is -2.44. The van der Waals surface area contributed by atoms with Gasteiger partial charge in [0.05, 0.1) is 23.7 Å². The summed E-state index contributed by atoms with van der Waals surface area (Å²) in [4.78, 5) is 2.28. The van der Waals surface area contributed by atoms with Gasteiger partial charge in [-0.1, -0.05) is 60.7 Å². The summed E-state index contributed by atoms with van der Waals surface area (Å²) in [5.74, 6) is 0.455. The molecular formula is C25H30N2O3S. The molecule has 0 amide bonds. The van der Waals surface area contributed by atoms with Crippen LogP contribution in [0.5, 0.6) is 0 Å². The van der Waals surface area contributed by atoms with E-state index in [2.05, 4.69) is 11.0 Å². The Balaban J connectivity index is 1.62. The molecule has 2 aliphatic heterocycles. The molecule has 5 nitrogen and oxygen atoms in total. The standard InChI is InChI=1S/C25H30N2O3S/c26-20-25(21-8-3-1-4-9-21,22-10-5-2-6-11-22)14-15-27(18-24-12-7-16-30-24)23-13-17-31(28,29)19-23/h1-6,8-11,23-24H,7,12-19H2. The van der Waals surface area contributed by atoms with Gasteiger partial charge in [0.15, 0.2) is 9.84 Å². The van der Waals surface area contributed by atoms with Crippen molar-refractivity contribution in [3.8, 4) is 6.07 Å². The molecular weight excluding hydrogens is 408 g/mol. The predicted molar refractivity (Wildman–Crippen MR) is 121 cm³/mol. The number of ether oxygens (including phenoxy) is 1. The molecule has 31 heavy (non-hydrogen) atoms. The zero-order valence-corrected chi connectivity index (χ0v) is 18.6. The van der Waals surface area contributed by atoms with Gasteiger partial charge in [-0.2, -0.15) is 5.26 Å². The Morgan fingerprint density at radius 3 is 2.16 bits per heavy atom. The topological polar surface area (TPSA) is 70.4 Å². The van der Waals surface area contributed by atoms with Gasteiger partial charge in [-0.25, -0.2) is 8.42 Å². The van der Waals surface area contributed by atoms with Gasteiger partial charge in [0.2, 0.25) is 0 Å². The van der Waals surface area contributed by atoms with Crippen LogP contribution in [0, 0.1) is 11.3 Å². The lowest BCUT2D eigenvalue weighted by Gasteiger charge is -2.35. The van der Waals surface area contributed by atoms with Crippen LogP contribution >= 0.6 is 0 Å². The fraction of sp³-hybridized carbons (Fsp3) is 0.480. The molecule has 2 aromatic rings. The van der Waals surface area contributed by atoms with Crippen LogP contribution in [-0.4, -0.2) is 56.7 Å². The third-order valence-corrected chi connectivity index (χ3v) is 8.44. The number of hydrogen-bond donors (Lipinski definition) is 0. The lowest BCUT2D eigenvalue weighted by molar-refractivity contribution is 0.0589. The number of nitriles is 1.